The van der Waals surface area contributed by atoms with Crippen LogP contribution in [0, 0.1) is 13.8 Å². The lowest BCUT2D eigenvalue weighted by Gasteiger charge is -2.01. The van der Waals surface area contributed by atoms with Crippen molar-refractivity contribution in [3.8, 4) is 5.75 Å². The maximum atomic E-state index is 10.9. The first-order valence-electron chi connectivity index (χ1n) is 4.85. The highest BCUT2D eigenvalue weighted by Crippen LogP contribution is 2.33. The number of furan rings is 1. The third kappa shape index (κ3) is 1.43. The molecule has 4 heteroatoms. The van der Waals surface area contributed by atoms with Crippen molar-refractivity contribution in [3.05, 3.63) is 29.0 Å². The van der Waals surface area contributed by atoms with Gasteiger partial charge in [-0.25, -0.2) is 4.79 Å². The van der Waals surface area contributed by atoms with E-state index in [4.69, 9.17) is 14.3 Å². The molecule has 0 saturated carbocycles. The summed E-state index contributed by atoms with van der Waals surface area (Å²) in [6, 6.07) is 3.71. The van der Waals surface area contributed by atoms with E-state index in [2.05, 4.69) is 0 Å². The minimum atomic E-state index is -1.06. The van der Waals surface area contributed by atoms with Gasteiger partial charge < -0.3 is 14.3 Å². The van der Waals surface area contributed by atoms with Gasteiger partial charge in [0, 0.05) is 10.9 Å². The largest absolute Gasteiger partial charge is 0.493 e. The van der Waals surface area contributed by atoms with E-state index >= 15 is 0 Å². The molecule has 0 aliphatic heterocycles. The van der Waals surface area contributed by atoms with Crippen LogP contribution in [0.5, 0.6) is 5.75 Å². The summed E-state index contributed by atoms with van der Waals surface area (Å²) in [5.41, 5.74) is 2.12. The number of aromatic carboxylic acids is 1. The monoisotopic (exact) mass is 220 g/mol. The highest BCUT2D eigenvalue weighted by atomic mass is 16.5. The van der Waals surface area contributed by atoms with Gasteiger partial charge in [0.1, 0.15) is 0 Å². The fourth-order valence-corrected chi connectivity index (χ4v) is 1.78. The quantitative estimate of drug-likeness (QED) is 0.845. The molecule has 0 radical (unpaired) electrons. The van der Waals surface area contributed by atoms with Crippen molar-refractivity contribution >= 4 is 16.9 Å². The van der Waals surface area contributed by atoms with Crippen molar-refractivity contribution in [2.75, 3.05) is 7.11 Å². The van der Waals surface area contributed by atoms with E-state index in [1.807, 2.05) is 19.1 Å². The van der Waals surface area contributed by atoms with E-state index in [9.17, 15) is 4.79 Å². The second kappa shape index (κ2) is 3.56. The number of carbonyl (C=O) groups is 1. The first-order chi connectivity index (χ1) is 7.54. The van der Waals surface area contributed by atoms with Gasteiger partial charge in [0.2, 0.25) is 5.76 Å². The Morgan fingerprint density at radius 1 is 1.38 bits per heavy atom. The van der Waals surface area contributed by atoms with Crippen molar-refractivity contribution in [3.63, 3.8) is 0 Å². The van der Waals surface area contributed by atoms with Crippen LogP contribution in [0.25, 0.3) is 11.0 Å². The molecule has 0 spiro atoms. The van der Waals surface area contributed by atoms with Crippen LogP contribution in [-0.2, 0) is 0 Å². The second-order valence-electron chi connectivity index (χ2n) is 3.71. The van der Waals surface area contributed by atoms with E-state index in [0.717, 1.165) is 10.9 Å². The summed E-state index contributed by atoms with van der Waals surface area (Å²) in [5, 5.41) is 9.75. The molecule has 1 N–H and O–H groups in total. The average Bonchev–Trinajstić information content (AvgIpc) is 2.55. The lowest BCUT2D eigenvalue weighted by Crippen LogP contribution is -1.95. The van der Waals surface area contributed by atoms with Crippen LogP contribution in [0.15, 0.2) is 16.5 Å². The number of aryl methyl sites for hydroxylation is 2. The molecule has 16 heavy (non-hydrogen) atoms. The minimum Gasteiger partial charge on any atom is -0.493 e. The van der Waals surface area contributed by atoms with Gasteiger partial charge in [-0.2, -0.15) is 0 Å². The van der Waals surface area contributed by atoms with Gasteiger partial charge in [0.15, 0.2) is 11.3 Å². The summed E-state index contributed by atoms with van der Waals surface area (Å²) in [4.78, 5) is 10.9. The number of rotatable bonds is 2. The van der Waals surface area contributed by atoms with Gasteiger partial charge in [-0.1, -0.05) is 0 Å². The summed E-state index contributed by atoms with van der Waals surface area (Å²) < 4.78 is 10.5. The Labute approximate surface area is 92.4 Å². The Hall–Kier alpha value is -1.97. The molecule has 2 rings (SSSR count). The molecule has 4 nitrogen and oxygen atoms in total. The molecule has 0 aliphatic carbocycles. The SMILES string of the molecule is COc1cc(C)cc2c(C)c(C(=O)O)oc12. The molecule has 1 aromatic carbocycles. The number of methoxy groups -OCH3 is 1. The van der Waals surface area contributed by atoms with Crippen molar-refractivity contribution in [1.29, 1.82) is 0 Å². The van der Waals surface area contributed by atoms with Gasteiger partial charge in [0.05, 0.1) is 7.11 Å². The van der Waals surface area contributed by atoms with E-state index in [1.54, 1.807) is 6.92 Å². The van der Waals surface area contributed by atoms with Crippen LogP contribution in [0.2, 0.25) is 0 Å². The van der Waals surface area contributed by atoms with Crippen LogP contribution in [-0.4, -0.2) is 18.2 Å². The maximum absolute atomic E-state index is 10.9. The topological polar surface area (TPSA) is 59.7 Å². The number of carboxylic acid groups (broad SMARTS) is 1. The first kappa shape index (κ1) is 10.5. The Balaban J connectivity index is 2.85. The number of fused-ring (bicyclic) bond motifs is 1. The van der Waals surface area contributed by atoms with E-state index in [-0.39, 0.29) is 5.76 Å². The highest BCUT2D eigenvalue weighted by Gasteiger charge is 2.19. The van der Waals surface area contributed by atoms with Crippen molar-refractivity contribution in [2.45, 2.75) is 13.8 Å². The second-order valence-corrected chi connectivity index (χ2v) is 3.71. The predicted molar refractivity (Wildman–Crippen MR) is 59.2 cm³/mol. The third-order valence-electron chi connectivity index (χ3n) is 2.56. The van der Waals surface area contributed by atoms with Gasteiger partial charge in [-0.15, -0.1) is 0 Å². The number of carboxylic acids is 1. The highest BCUT2D eigenvalue weighted by molar-refractivity contribution is 5.97. The van der Waals surface area contributed by atoms with Gasteiger partial charge in [-0.3, -0.25) is 0 Å². The molecule has 2 aromatic rings. The summed E-state index contributed by atoms with van der Waals surface area (Å²) >= 11 is 0. The number of ether oxygens (including phenoxy) is 1. The molecule has 0 fully saturated rings. The Morgan fingerprint density at radius 2 is 2.06 bits per heavy atom. The van der Waals surface area contributed by atoms with Crippen LogP contribution in [0.4, 0.5) is 0 Å². The summed E-state index contributed by atoms with van der Waals surface area (Å²) in [7, 11) is 1.53. The molecular weight excluding hydrogens is 208 g/mol. The van der Waals surface area contributed by atoms with Gasteiger partial charge >= 0.3 is 5.97 Å². The Morgan fingerprint density at radius 3 is 2.62 bits per heavy atom. The zero-order chi connectivity index (χ0) is 11.9. The molecule has 0 aliphatic rings. The summed E-state index contributed by atoms with van der Waals surface area (Å²) in [6.07, 6.45) is 0. The zero-order valence-corrected chi connectivity index (χ0v) is 9.33. The predicted octanol–water partition coefficient (Wildman–Crippen LogP) is 2.76. The zero-order valence-electron chi connectivity index (χ0n) is 9.33. The average molecular weight is 220 g/mol. The Kier molecular flexibility index (Phi) is 2.34. The molecular formula is C12H12O4. The molecule has 84 valence electrons. The molecule has 1 aromatic heterocycles. The van der Waals surface area contributed by atoms with Gasteiger partial charge in [0.25, 0.3) is 0 Å². The first-order valence-corrected chi connectivity index (χ1v) is 4.85. The smallest absolute Gasteiger partial charge is 0.372 e. The minimum absolute atomic E-state index is 0.0288. The Bertz CT molecular complexity index is 566. The maximum Gasteiger partial charge on any atom is 0.372 e. The fourth-order valence-electron chi connectivity index (χ4n) is 1.78. The molecule has 0 bridgehead atoms. The van der Waals surface area contributed by atoms with E-state index in [1.165, 1.54) is 7.11 Å². The molecule has 1 heterocycles. The van der Waals surface area contributed by atoms with Crippen LogP contribution < -0.4 is 4.74 Å². The van der Waals surface area contributed by atoms with Crippen LogP contribution in [0.3, 0.4) is 0 Å². The van der Waals surface area contributed by atoms with Crippen LogP contribution in [0.1, 0.15) is 21.7 Å². The van der Waals surface area contributed by atoms with E-state index < -0.39 is 5.97 Å². The summed E-state index contributed by atoms with van der Waals surface area (Å²) in [5.74, 6) is -0.530. The lowest BCUT2D eigenvalue weighted by molar-refractivity contribution is 0.0664. The number of hydrogen-bond donors (Lipinski definition) is 1. The normalized spacial score (nSPS) is 10.7. The summed E-state index contributed by atoms with van der Waals surface area (Å²) in [6.45, 7) is 3.66. The molecule has 0 amide bonds. The molecule has 0 saturated heterocycles. The van der Waals surface area contributed by atoms with Gasteiger partial charge in [-0.05, 0) is 31.5 Å². The number of benzene rings is 1. The van der Waals surface area contributed by atoms with Crippen molar-refractivity contribution in [2.24, 2.45) is 0 Å². The van der Waals surface area contributed by atoms with E-state index in [0.29, 0.717) is 16.9 Å². The molecule has 0 atom stereocenters. The number of hydrogen-bond acceptors (Lipinski definition) is 3. The fraction of sp³-hybridized carbons (Fsp3) is 0.250. The third-order valence-corrected chi connectivity index (χ3v) is 2.56. The van der Waals surface area contributed by atoms with Crippen molar-refractivity contribution in [1.82, 2.24) is 0 Å². The lowest BCUT2D eigenvalue weighted by atomic mass is 10.1. The van der Waals surface area contributed by atoms with Crippen molar-refractivity contribution < 1.29 is 19.1 Å². The molecule has 0 unspecified atom stereocenters. The standard InChI is InChI=1S/C12H12O4/c1-6-4-8-7(2)10(12(13)14)16-11(8)9(5-6)15-3/h4-5H,1-3H3,(H,13,14). The van der Waals surface area contributed by atoms with Crippen LogP contribution >= 0.6 is 0 Å².